The summed E-state index contributed by atoms with van der Waals surface area (Å²) >= 11 is 0. The number of carbonyl (C=O) groups is 1. The third-order valence-corrected chi connectivity index (χ3v) is 6.24. The highest BCUT2D eigenvalue weighted by Crippen LogP contribution is 2.30. The smallest absolute Gasteiger partial charge is 0.341 e. The van der Waals surface area contributed by atoms with Crippen LogP contribution in [-0.2, 0) is 11.2 Å². The first-order valence-corrected chi connectivity index (χ1v) is 11.9. The molecule has 168 valence electrons. The van der Waals surface area contributed by atoms with Crippen LogP contribution in [0.25, 0.3) is 11.4 Å². The van der Waals surface area contributed by atoms with Gasteiger partial charge in [-0.2, -0.15) is 0 Å². The van der Waals surface area contributed by atoms with Gasteiger partial charge in [-0.25, -0.2) is 19.2 Å². The lowest BCUT2D eigenvalue weighted by atomic mass is 9.85. The van der Waals surface area contributed by atoms with Crippen LogP contribution in [0.3, 0.4) is 0 Å². The largest absolute Gasteiger partial charge is 0.459 e. The standard InChI is InChI=1S/C26H35FN2O2/c1-3-5-6-7-9-20-17-28-25(29-18-20)21-12-15-23(24(27)16-21)26(30)31-22-13-10-19(8-4-2)11-14-22/h12,15-19,22H,3-11,13-14H2,1-2H3. The highest BCUT2D eigenvalue weighted by molar-refractivity contribution is 5.90. The molecule has 4 nitrogen and oxygen atoms in total. The van der Waals surface area contributed by atoms with Gasteiger partial charge in [0.15, 0.2) is 5.82 Å². The average molecular weight is 427 g/mol. The van der Waals surface area contributed by atoms with E-state index in [1.807, 2.05) is 12.4 Å². The molecule has 1 saturated carbocycles. The van der Waals surface area contributed by atoms with Gasteiger partial charge in [-0.1, -0.05) is 52.0 Å². The summed E-state index contributed by atoms with van der Waals surface area (Å²) in [6, 6.07) is 4.50. The zero-order chi connectivity index (χ0) is 22.1. The molecule has 1 heterocycles. The van der Waals surface area contributed by atoms with Crippen molar-refractivity contribution in [2.24, 2.45) is 5.92 Å². The molecule has 0 unspecified atom stereocenters. The average Bonchev–Trinajstić information content (AvgIpc) is 2.78. The SMILES string of the molecule is CCCCCCc1cnc(-c2ccc(C(=O)OC3CCC(CCC)CC3)c(F)c2)nc1. The molecule has 0 N–H and O–H groups in total. The van der Waals surface area contributed by atoms with E-state index in [2.05, 4.69) is 23.8 Å². The molecule has 2 aromatic rings. The number of hydrogen-bond acceptors (Lipinski definition) is 4. The summed E-state index contributed by atoms with van der Waals surface area (Å²) in [4.78, 5) is 21.3. The molecule has 1 aromatic carbocycles. The Labute approximate surface area is 185 Å². The lowest BCUT2D eigenvalue weighted by Crippen LogP contribution is -2.25. The molecule has 0 bridgehead atoms. The first-order chi connectivity index (χ1) is 15.1. The minimum Gasteiger partial charge on any atom is -0.459 e. The van der Waals surface area contributed by atoms with Gasteiger partial charge >= 0.3 is 5.97 Å². The fraction of sp³-hybridized carbons (Fsp3) is 0.577. The van der Waals surface area contributed by atoms with Crippen molar-refractivity contribution in [3.8, 4) is 11.4 Å². The summed E-state index contributed by atoms with van der Waals surface area (Å²) in [5, 5.41) is 0. The maximum Gasteiger partial charge on any atom is 0.341 e. The maximum atomic E-state index is 14.7. The van der Waals surface area contributed by atoms with Gasteiger partial charge in [-0.15, -0.1) is 0 Å². The summed E-state index contributed by atoms with van der Waals surface area (Å²) in [7, 11) is 0. The Morgan fingerprint density at radius 3 is 2.42 bits per heavy atom. The van der Waals surface area contributed by atoms with Crippen molar-refractivity contribution in [2.75, 3.05) is 0 Å². The molecule has 1 aromatic heterocycles. The number of hydrogen-bond donors (Lipinski definition) is 0. The number of rotatable bonds is 10. The normalized spacial score (nSPS) is 18.7. The molecule has 1 aliphatic carbocycles. The van der Waals surface area contributed by atoms with Crippen molar-refractivity contribution in [3.63, 3.8) is 0 Å². The Bertz CT molecular complexity index is 830. The quantitative estimate of drug-likeness (QED) is 0.306. The van der Waals surface area contributed by atoms with E-state index in [1.165, 1.54) is 44.2 Å². The van der Waals surface area contributed by atoms with E-state index >= 15 is 0 Å². The second-order valence-corrected chi connectivity index (χ2v) is 8.76. The molecule has 0 atom stereocenters. The number of aromatic nitrogens is 2. The number of nitrogens with zero attached hydrogens (tertiary/aromatic N) is 2. The van der Waals surface area contributed by atoms with E-state index in [9.17, 15) is 9.18 Å². The molecule has 3 rings (SSSR count). The number of unbranched alkanes of at least 4 members (excludes halogenated alkanes) is 3. The summed E-state index contributed by atoms with van der Waals surface area (Å²) in [6.07, 6.45) is 15.6. The lowest BCUT2D eigenvalue weighted by Gasteiger charge is -2.28. The second-order valence-electron chi connectivity index (χ2n) is 8.76. The maximum absolute atomic E-state index is 14.7. The monoisotopic (exact) mass is 426 g/mol. The predicted molar refractivity (Wildman–Crippen MR) is 121 cm³/mol. The van der Waals surface area contributed by atoms with Gasteiger partial charge < -0.3 is 4.74 Å². The van der Waals surface area contributed by atoms with Gasteiger partial charge in [0.25, 0.3) is 0 Å². The van der Waals surface area contributed by atoms with Gasteiger partial charge in [0.1, 0.15) is 11.9 Å². The van der Waals surface area contributed by atoms with Gasteiger partial charge in [0, 0.05) is 18.0 Å². The van der Waals surface area contributed by atoms with E-state index in [-0.39, 0.29) is 11.7 Å². The Hall–Kier alpha value is -2.30. The first kappa shape index (κ1) is 23.4. The van der Waals surface area contributed by atoms with Crippen LogP contribution < -0.4 is 0 Å². The molecule has 0 amide bonds. The molecular formula is C26H35FN2O2. The molecule has 0 spiro atoms. The van der Waals surface area contributed by atoms with Crippen LogP contribution in [0.15, 0.2) is 30.6 Å². The van der Waals surface area contributed by atoms with E-state index in [1.54, 1.807) is 6.07 Å². The summed E-state index contributed by atoms with van der Waals surface area (Å²) in [5.74, 6) is 0.0322. The van der Waals surface area contributed by atoms with Crippen molar-refractivity contribution >= 4 is 5.97 Å². The molecular weight excluding hydrogens is 391 g/mol. The molecule has 5 heteroatoms. The third kappa shape index (κ3) is 6.84. The molecule has 1 aliphatic rings. The minimum absolute atomic E-state index is 0.0213. The van der Waals surface area contributed by atoms with Crippen LogP contribution in [0.2, 0.25) is 0 Å². The summed E-state index contributed by atoms with van der Waals surface area (Å²) < 4.78 is 20.3. The van der Waals surface area contributed by atoms with Crippen LogP contribution in [0.4, 0.5) is 4.39 Å². The number of halogens is 1. The first-order valence-electron chi connectivity index (χ1n) is 11.9. The van der Waals surface area contributed by atoms with Crippen LogP contribution in [-0.4, -0.2) is 22.0 Å². The zero-order valence-corrected chi connectivity index (χ0v) is 18.9. The van der Waals surface area contributed by atoms with Gasteiger partial charge in [-0.3, -0.25) is 0 Å². The van der Waals surface area contributed by atoms with Crippen LogP contribution in [0, 0.1) is 11.7 Å². The molecule has 0 radical (unpaired) electrons. The molecule has 0 saturated heterocycles. The van der Waals surface area contributed by atoms with Crippen LogP contribution in [0.5, 0.6) is 0 Å². The number of aryl methyl sites for hydroxylation is 1. The minimum atomic E-state index is -0.589. The molecule has 1 fully saturated rings. The Morgan fingerprint density at radius 1 is 1.03 bits per heavy atom. The summed E-state index contributed by atoms with van der Waals surface area (Å²) in [6.45, 7) is 4.40. The van der Waals surface area contributed by atoms with Crippen molar-refractivity contribution in [2.45, 2.75) is 90.6 Å². The number of ether oxygens (including phenoxy) is 1. The van der Waals surface area contributed by atoms with Gasteiger partial charge in [-0.05, 0) is 62.1 Å². The zero-order valence-electron chi connectivity index (χ0n) is 18.9. The van der Waals surface area contributed by atoms with Crippen molar-refractivity contribution in [1.82, 2.24) is 9.97 Å². The highest BCUT2D eigenvalue weighted by atomic mass is 19.1. The van der Waals surface area contributed by atoms with Crippen LogP contribution >= 0.6 is 0 Å². The fourth-order valence-electron chi connectivity index (χ4n) is 4.37. The molecule has 31 heavy (non-hydrogen) atoms. The summed E-state index contributed by atoms with van der Waals surface area (Å²) in [5.41, 5.74) is 1.63. The van der Waals surface area contributed by atoms with Crippen molar-refractivity contribution < 1.29 is 13.9 Å². The van der Waals surface area contributed by atoms with E-state index in [0.29, 0.717) is 11.4 Å². The van der Waals surface area contributed by atoms with Crippen LogP contribution in [0.1, 0.15) is 94.0 Å². The van der Waals surface area contributed by atoms with Crippen molar-refractivity contribution in [3.05, 3.63) is 47.5 Å². The Morgan fingerprint density at radius 2 is 1.77 bits per heavy atom. The van der Waals surface area contributed by atoms with Gasteiger partial charge in [0.05, 0.1) is 5.56 Å². The number of benzene rings is 1. The van der Waals surface area contributed by atoms with Gasteiger partial charge in [0.2, 0.25) is 0 Å². The lowest BCUT2D eigenvalue weighted by molar-refractivity contribution is 0.0157. The second kappa shape index (κ2) is 11.9. The Balaban J connectivity index is 1.56. The fourth-order valence-corrected chi connectivity index (χ4v) is 4.37. The Kier molecular flexibility index (Phi) is 8.98. The molecule has 0 aliphatic heterocycles. The van der Waals surface area contributed by atoms with E-state index in [4.69, 9.17) is 4.74 Å². The highest BCUT2D eigenvalue weighted by Gasteiger charge is 2.25. The van der Waals surface area contributed by atoms with Crippen molar-refractivity contribution in [1.29, 1.82) is 0 Å². The number of esters is 1. The third-order valence-electron chi connectivity index (χ3n) is 6.24. The van der Waals surface area contributed by atoms with E-state index < -0.39 is 11.8 Å². The topological polar surface area (TPSA) is 52.1 Å². The predicted octanol–water partition coefficient (Wildman–Crippen LogP) is 6.92. The van der Waals surface area contributed by atoms with E-state index in [0.717, 1.165) is 50.0 Å². The number of carbonyl (C=O) groups excluding carboxylic acids is 1.